The lowest BCUT2D eigenvalue weighted by Gasteiger charge is -2.35. The van der Waals surface area contributed by atoms with Crippen molar-refractivity contribution in [2.24, 2.45) is 10.9 Å². The number of sulfonamides is 2. The van der Waals surface area contributed by atoms with E-state index in [4.69, 9.17) is 4.99 Å². The van der Waals surface area contributed by atoms with Gasteiger partial charge in [0.2, 0.25) is 20.0 Å². The average molecular weight is 673 g/mol. The average Bonchev–Trinajstić information content (AvgIpc) is 3.41. The Labute approximate surface area is 276 Å². The number of nitrogens with one attached hydrogen (secondary N) is 1. The van der Waals surface area contributed by atoms with Crippen LogP contribution in [0.3, 0.4) is 0 Å². The first-order chi connectivity index (χ1) is 22.6. The van der Waals surface area contributed by atoms with Gasteiger partial charge in [-0.1, -0.05) is 84.9 Å². The third kappa shape index (κ3) is 6.46. The number of aliphatic imine (C=N–C) groups is 1. The van der Waals surface area contributed by atoms with Crippen LogP contribution in [0.1, 0.15) is 36.8 Å². The first-order valence-corrected chi connectivity index (χ1v) is 19.7. The Bertz CT molecular complexity index is 2060. The van der Waals surface area contributed by atoms with Gasteiger partial charge in [-0.15, -0.1) is 0 Å². The van der Waals surface area contributed by atoms with Gasteiger partial charge in [0.25, 0.3) is 5.91 Å². The Balaban J connectivity index is 0.977. The van der Waals surface area contributed by atoms with Crippen molar-refractivity contribution < 1.29 is 21.6 Å². The fourth-order valence-corrected chi connectivity index (χ4v) is 10.4. The number of amidine groups is 1. The number of piperidine rings is 2. The van der Waals surface area contributed by atoms with Gasteiger partial charge in [0.1, 0.15) is 11.4 Å². The second-order valence-corrected chi connectivity index (χ2v) is 17.2. The summed E-state index contributed by atoms with van der Waals surface area (Å²) in [6, 6.07) is 27.9. The number of fused-ring (bicyclic) bond motifs is 2. The van der Waals surface area contributed by atoms with E-state index in [2.05, 4.69) is 5.32 Å². The minimum Gasteiger partial charge on any atom is -0.312 e. The van der Waals surface area contributed by atoms with Gasteiger partial charge in [0.15, 0.2) is 0 Å². The van der Waals surface area contributed by atoms with E-state index in [-0.39, 0.29) is 43.0 Å². The highest BCUT2D eigenvalue weighted by atomic mass is 32.2. The first-order valence-electron chi connectivity index (χ1n) is 16.4. The summed E-state index contributed by atoms with van der Waals surface area (Å²) in [6.45, 7) is 1.18. The zero-order valence-electron chi connectivity index (χ0n) is 26.3. The molecule has 0 bridgehead atoms. The molecule has 1 amide bonds. The van der Waals surface area contributed by atoms with Gasteiger partial charge in [0, 0.05) is 32.1 Å². The van der Waals surface area contributed by atoms with Gasteiger partial charge in [-0.05, 0) is 71.2 Å². The van der Waals surface area contributed by atoms with Gasteiger partial charge in [0.05, 0.1) is 11.5 Å². The van der Waals surface area contributed by atoms with Crippen molar-refractivity contribution in [2.45, 2.75) is 44.1 Å². The molecule has 3 heterocycles. The highest BCUT2D eigenvalue weighted by molar-refractivity contribution is 7.89. The Morgan fingerprint density at radius 2 is 1.23 bits per heavy atom. The van der Waals surface area contributed by atoms with Crippen LogP contribution in [0.5, 0.6) is 0 Å². The van der Waals surface area contributed by atoms with E-state index >= 15 is 0 Å². The van der Waals surface area contributed by atoms with Crippen molar-refractivity contribution in [1.82, 2.24) is 13.9 Å². The van der Waals surface area contributed by atoms with Crippen molar-refractivity contribution in [3.8, 4) is 0 Å². The number of rotatable bonds is 9. The van der Waals surface area contributed by atoms with Crippen molar-refractivity contribution in [3.05, 3.63) is 96.1 Å². The molecule has 1 N–H and O–H groups in total. The molecule has 7 rings (SSSR count). The number of hydrogen-bond acceptors (Lipinski definition) is 6. The summed E-state index contributed by atoms with van der Waals surface area (Å²) >= 11 is 0. The number of hydrogen-bond donors (Lipinski definition) is 1. The zero-order chi connectivity index (χ0) is 32.6. The molecular weight excluding hydrogens is 633 g/mol. The van der Waals surface area contributed by atoms with Gasteiger partial charge in [-0.25, -0.2) is 25.4 Å². The van der Waals surface area contributed by atoms with Crippen LogP contribution >= 0.6 is 0 Å². The standard InChI is InChI=1S/C36H40N4O5S2/c41-35-36(19-22-39(23-20-36)46(42,43)24-17-29-12-5-10-27-8-1-3-15-32(27)29)38-34(37-35)31-14-7-21-40(26-31)47(44,45)25-18-30-13-6-11-28-9-2-4-16-33(28)30/h1-6,8-13,15-16,31H,7,14,17-26H2,(H,37,38,41). The van der Waals surface area contributed by atoms with E-state index in [1.54, 1.807) is 4.31 Å². The minimum absolute atomic E-state index is 0.00159. The number of benzene rings is 4. The Morgan fingerprint density at radius 1 is 0.702 bits per heavy atom. The normalized spacial score (nSPS) is 20.9. The number of carbonyl (C=O) groups excluding carboxylic acids is 1. The Hall–Kier alpha value is -3.64. The summed E-state index contributed by atoms with van der Waals surface area (Å²) in [5, 5.41) is 7.28. The minimum atomic E-state index is -3.53. The number of amides is 1. The molecule has 47 heavy (non-hydrogen) atoms. The maximum absolute atomic E-state index is 13.5. The molecule has 1 spiro atoms. The number of nitrogens with zero attached hydrogens (tertiary/aromatic N) is 3. The van der Waals surface area contributed by atoms with E-state index in [0.29, 0.717) is 44.5 Å². The highest BCUT2D eigenvalue weighted by Crippen LogP contribution is 2.34. The summed E-state index contributed by atoms with van der Waals surface area (Å²) in [6.07, 6.45) is 2.86. The molecule has 4 aromatic carbocycles. The molecule has 3 aliphatic rings. The topological polar surface area (TPSA) is 116 Å². The molecule has 0 radical (unpaired) electrons. The summed E-state index contributed by atoms with van der Waals surface area (Å²) in [5.74, 6) is 0.137. The lowest BCUT2D eigenvalue weighted by atomic mass is 9.89. The summed E-state index contributed by atoms with van der Waals surface area (Å²) in [7, 11) is -7.06. The highest BCUT2D eigenvalue weighted by Gasteiger charge is 2.49. The molecule has 2 fully saturated rings. The molecule has 11 heteroatoms. The predicted molar refractivity (Wildman–Crippen MR) is 186 cm³/mol. The molecule has 1 atom stereocenters. The van der Waals surface area contributed by atoms with Crippen LogP contribution in [0.2, 0.25) is 0 Å². The molecule has 246 valence electrons. The molecule has 1 unspecified atom stereocenters. The van der Waals surface area contributed by atoms with Crippen LogP contribution in [-0.4, -0.2) is 80.4 Å². The monoisotopic (exact) mass is 672 g/mol. The molecule has 0 aromatic heterocycles. The molecule has 0 saturated carbocycles. The first kappa shape index (κ1) is 31.9. The van der Waals surface area contributed by atoms with Crippen LogP contribution in [0.4, 0.5) is 0 Å². The van der Waals surface area contributed by atoms with Crippen molar-refractivity contribution >= 4 is 53.3 Å². The number of aryl methyl sites for hydroxylation is 2. The van der Waals surface area contributed by atoms with Crippen molar-refractivity contribution in [3.63, 3.8) is 0 Å². The van der Waals surface area contributed by atoms with Crippen LogP contribution < -0.4 is 5.32 Å². The van der Waals surface area contributed by atoms with E-state index in [9.17, 15) is 21.6 Å². The molecule has 2 saturated heterocycles. The lowest BCUT2D eigenvalue weighted by Crippen LogP contribution is -2.51. The Morgan fingerprint density at radius 3 is 1.83 bits per heavy atom. The lowest BCUT2D eigenvalue weighted by molar-refractivity contribution is -0.125. The molecular formula is C36H40N4O5S2. The fraction of sp³-hybridized carbons (Fsp3) is 0.389. The third-order valence-corrected chi connectivity index (χ3v) is 13.8. The van der Waals surface area contributed by atoms with E-state index in [0.717, 1.165) is 39.1 Å². The van der Waals surface area contributed by atoms with Crippen molar-refractivity contribution in [2.75, 3.05) is 37.7 Å². The maximum Gasteiger partial charge on any atom is 0.253 e. The molecule has 3 aliphatic heterocycles. The largest absolute Gasteiger partial charge is 0.312 e. The second kappa shape index (κ2) is 12.8. The van der Waals surface area contributed by atoms with Crippen LogP contribution in [0.25, 0.3) is 21.5 Å². The van der Waals surface area contributed by atoms with E-state index < -0.39 is 25.6 Å². The smallest absolute Gasteiger partial charge is 0.253 e. The predicted octanol–water partition coefficient (Wildman–Crippen LogP) is 4.51. The van der Waals surface area contributed by atoms with E-state index in [1.807, 2.05) is 84.9 Å². The molecule has 9 nitrogen and oxygen atoms in total. The quantitative estimate of drug-likeness (QED) is 0.281. The van der Waals surface area contributed by atoms with E-state index in [1.165, 1.54) is 4.31 Å². The second-order valence-electron chi connectivity index (χ2n) is 13.0. The summed E-state index contributed by atoms with van der Waals surface area (Å²) in [5.41, 5.74) is 1.00. The summed E-state index contributed by atoms with van der Waals surface area (Å²) in [4.78, 5) is 18.2. The van der Waals surface area contributed by atoms with Crippen molar-refractivity contribution in [1.29, 1.82) is 0 Å². The summed E-state index contributed by atoms with van der Waals surface area (Å²) < 4.78 is 56.7. The zero-order valence-corrected chi connectivity index (χ0v) is 28.0. The van der Waals surface area contributed by atoms with Crippen LogP contribution in [-0.2, 0) is 37.7 Å². The number of carbonyl (C=O) groups is 1. The van der Waals surface area contributed by atoms with Crippen LogP contribution in [0, 0.1) is 5.92 Å². The van der Waals surface area contributed by atoms with Crippen LogP contribution in [0.15, 0.2) is 89.9 Å². The fourth-order valence-electron chi connectivity index (χ4n) is 7.38. The molecule has 4 aromatic rings. The third-order valence-electron chi connectivity index (χ3n) is 10.1. The van der Waals surface area contributed by atoms with Gasteiger partial charge >= 0.3 is 0 Å². The van der Waals surface area contributed by atoms with Gasteiger partial charge in [-0.3, -0.25) is 9.79 Å². The van der Waals surface area contributed by atoms with Gasteiger partial charge in [-0.2, -0.15) is 0 Å². The Kier molecular flexibility index (Phi) is 8.67. The maximum atomic E-state index is 13.5. The van der Waals surface area contributed by atoms with Gasteiger partial charge < -0.3 is 5.32 Å². The molecule has 0 aliphatic carbocycles. The SMILES string of the molecule is O=C1NC(C2CCCN(S(=O)(=O)CCc3cccc4ccccc34)C2)=NC12CCN(S(=O)(=O)CCc1cccc3ccccc13)CC2.